The van der Waals surface area contributed by atoms with Gasteiger partial charge in [-0.25, -0.2) is 14.4 Å². The van der Waals surface area contributed by atoms with Gasteiger partial charge in [-0.2, -0.15) is 0 Å². The molecule has 2 aromatic rings. The van der Waals surface area contributed by atoms with Crippen LogP contribution in [0.2, 0.25) is 0 Å². The summed E-state index contributed by atoms with van der Waals surface area (Å²) in [6.07, 6.45) is 3.89. The Labute approximate surface area is 129 Å². The highest BCUT2D eigenvalue weighted by Gasteiger charge is 2.21. The molecule has 0 radical (unpaired) electrons. The summed E-state index contributed by atoms with van der Waals surface area (Å²) >= 11 is 0. The summed E-state index contributed by atoms with van der Waals surface area (Å²) < 4.78 is 13.0. The van der Waals surface area contributed by atoms with E-state index in [4.69, 9.17) is 5.73 Å². The minimum absolute atomic E-state index is 0.274. The lowest BCUT2D eigenvalue weighted by molar-refractivity contribution is 0.445. The molecular formula is C16H20FN5. The first kappa shape index (κ1) is 14.6. The van der Waals surface area contributed by atoms with E-state index in [1.165, 1.54) is 24.9 Å². The molecule has 0 aliphatic carbocycles. The highest BCUT2D eigenvalue weighted by Crippen LogP contribution is 2.31. The van der Waals surface area contributed by atoms with Crippen LogP contribution in [0.15, 0.2) is 30.6 Å². The van der Waals surface area contributed by atoms with Crippen molar-refractivity contribution in [1.29, 1.82) is 0 Å². The van der Waals surface area contributed by atoms with Gasteiger partial charge in [0.05, 0.1) is 0 Å². The van der Waals surface area contributed by atoms with E-state index in [1.807, 2.05) is 0 Å². The smallest absolute Gasteiger partial charge is 0.159 e. The maximum absolute atomic E-state index is 13.0. The highest BCUT2D eigenvalue weighted by atomic mass is 19.1. The second-order valence-electron chi connectivity index (χ2n) is 5.78. The van der Waals surface area contributed by atoms with Gasteiger partial charge in [-0.15, -0.1) is 0 Å². The average molecular weight is 301 g/mol. The monoisotopic (exact) mass is 301 g/mol. The van der Waals surface area contributed by atoms with Crippen molar-refractivity contribution in [2.45, 2.75) is 19.8 Å². The van der Waals surface area contributed by atoms with Gasteiger partial charge in [-0.1, -0.05) is 6.92 Å². The van der Waals surface area contributed by atoms with Crippen molar-refractivity contribution < 1.29 is 4.39 Å². The maximum Gasteiger partial charge on any atom is 0.159 e. The number of rotatable bonds is 3. The van der Waals surface area contributed by atoms with Gasteiger partial charge < -0.3 is 16.0 Å². The minimum Gasteiger partial charge on any atom is -0.393 e. The standard InChI is InChI=1S/C16H20FN5/c1-11-3-2-8-22(9-11)16-14(18)15(19-10-20-16)21-13-6-4-12(17)5-7-13/h4-7,10-11H,2-3,8-9,18H2,1H3,(H,19,20,21). The third-order valence-corrected chi connectivity index (χ3v) is 3.93. The molecule has 1 aliphatic rings. The highest BCUT2D eigenvalue weighted by molar-refractivity contribution is 5.78. The van der Waals surface area contributed by atoms with Crippen molar-refractivity contribution in [3.05, 3.63) is 36.4 Å². The number of benzene rings is 1. The molecule has 0 spiro atoms. The van der Waals surface area contributed by atoms with E-state index in [1.54, 1.807) is 12.1 Å². The quantitative estimate of drug-likeness (QED) is 0.911. The molecule has 1 fully saturated rings. The molecule has 0 bridgehead atoms. The zero-order chi connectivity index (χ0) is 15.5. The molecule has 3 N–H and O–H groups in total. The molecule has 1 unspecified atom stereocenters. The van der Waals surface area contributed by atoms with Gasteiger partial charge in [-0.3, -0.25) is 0 Å². The van der Waals surface area contributed by atoms with E-state index in [0.29, 0.717) is 17.4 Å². The largest absolute Gasteiger partial charge is 0.393 e. The summed E-state index contributed by atoms with van der Waals surface area (Å²) in [5.74, 6) is 1.68. The van der Waals surface area contributed by atoms with Crippen molar-refractivity contribution in [3.63, 3.8) is 0 Å². The number of halogens is 1. The zero-order valence-corrected chi connectivity index (χ0v) is 12.6. The summed E-state index contributed by atoms with van der Waals surface area (Å²) in [5.41, 5.74) is 7.50. The van der Waals surface area contributed by atoms with Gasteiger partial charge in [0.25, 0.3) is 0 Å². The number of nitrogen functional groups attached to an aromatic ring is 1. The SMILES string of the molecule is CC1CCCN(c2ncnc(Nc3ccc(F)cc3)c2N)C1. The third kappa shape index (κ3) is 3.10. The van der Waals surface area contributed by atoms with E-state index in [0.717, 1.165) is 31.0 Å². The Kier molecular flexibility index (Phi) is 4.09. The number of hydrogen-bond donors (Lipinski definition) is 2. The van der Waals surface area contributed by atoms with Crippen LogP contribution in [-0.2, 0) is 0 Å². The van der Waals surface area contributed by atoms with E-state index >= 15 is 0 Å². The zero-order valence-electron chi connectivity index (χ0n) is 12.6. The Balaban J connectivity index is 1.83. The summed E-state index contributed by atoms with van der Waals surface area (Å²) in [5, 5.41) is 3.12. The number of anilines is 4. The first-order valence-electron chi connectivity index (χ1n) is 7.51. The van der Waals surface area contributed by atoms with Gasteiger partial charge in [0.2, 0.25) is 0 Å². The second kappa shape index (κ2) is 6.17. The molecule has 2 heterocycles. The van der Waals surface area contributed by atoms with Crippen molar-refractivity contribution >= 4 is 23.0 Å². The van der Waals surface area contributed by atoms with Crippen LogP contribution in [-0.4, -0.2) is 23.1 Å². The number of aromatic nitrogens is 2. The third-order valence-electron chi connectivity index (χ3n) is 3.93. The second-order valence-corrected chi connectivity index (χ2v) is 5.78. The van der Waals surface area contributed by atoms with Crippen LogP contribution in [0.25, 0.3) is 0 Å². The molecule has 1 saturated heterocycles. The topological polar surface area (TPSA) is 67.1 Å². The lowest BCUT2D eigenvalue weighted by atomic mass is 10.0. The molecule has 1 aromatic heterocycles. The van der Waals surface area contributed by atoms with Crippen molar-refractivity contribution in [1.82, 2.24) is 9.97 Å². The van der Waals surface area contributed by atoms with E-state index in [9.17, 15) is 4.39 Å². The Morgan fingerprint density at radius 3 is 2.77 bits per heavy atom. The maximum atomic E-state index is 13.0. The summed E-state index contributed by atoms with van der Waals surface area (Å²) in [7, 11) is 0. The van der Waals surface area contributed by atoms with E-state index in [2.05, 4.69) is 27.1 Å². The molecule has 5 nitrogen and oxygen atoms in total. The predicted molar refractivity (Wildman–Crippen MR) is 86.7 cm³/mol. The van der Waals surface area contributed by atoms with Gasteiger partial charge in [0.15, 0.2) is 11.6 Å². The molecule has 1 aromatic carbocycles. The van der Waals surface area contributed by atoms with Crippen LogP contribution in [0.4, 0.5) is 27.4 Å². The first-order chi connectivity index (χ1) is 10.6. The fraction of sp³-hybridized carbons (Fsp3) is 0.375. The fourth-order valence-electron chi connectivity index (χ4n) is 2.79. The van der Waals surface area contributed by atoms with Crippen LogP contribution in [0.5, 0.6) is 0 Å². The first-order valence-corrected chi connectivity index (χ1v) is 7.51. The van der Waals surface area contributed by atoms with Gasteiger partial charge in [-0.05, 0) is 43.0 Å². The molecule has 1 aliphatic heterocycles. The average Bonchev–Trinajstić information content (AvgIpc) is 2.51. The number of nitrogens with one attached hydrogen (secondary N) is 1. The number of hydrogen-bond acceptors (Lipinski definition) is 5. The lowest BCUT2D eigenvalue weighted by Crippen LogP contribution is -2.35. The molecular weight excluding hydrogens is 281 g/mol. The van der Waals surface area contributed by atoms with Gasteiger partial charge in [0, 0.05) is 18.8 Å². The molecule has 22 heavy (non-hydrogen) atoms. The van der Waals surface area contributed by atoms with E-state index < -0.39 is 0 Å². The number of piperidine rings is 1. The van der Waals surface area contributed by atoms with Crippen LogP contribution >= 0.6 is 0 Å². The fourth-order valence-corrected chi connectivity index (χ4v) is 2.79. The Morgan fingerprint density at radius 2 is 2.05 bits per heavy atom. The normalized spacial score (nSPS) is 18.3. The number of nitrogens with two attached hydrogens (primary N) is 1. The lowest BCUT2D eigenvalue weighted by Gasteiger charge is -2.32. The molecule has 116 valence electrons. The molecule has 1 atom stereocenters. The molecule has 0 amide bonds. The summed E-state index contributed by atoms with van der Waals surface area (Å²) in [6.45, 7) is 4.15. The van der Waals surface area contributed by atoms with E-state index in [-0.39, 0.29) is 5.82 Å². The van der Waals surface area contributed by atoms with Crippen LogP contribution in [0.3, 0.4) is 0 Å². The van der Waals surface area contributed by atoms with Gasteiger partial charge >= 0.3 is 0 Å². The van der Waals surface area contributed by atoms with Crippen LogP contribution in [0, 0.1) is 11.7 Å². The van der Waals surface area contributed by atoms with Crippen molar-refractivity contribution in [2.75, 3.05) is 29.0 Å². The Morgan fingerprint density at radius 1 is 1.27 bits per heavy atom. The number of nitrogens with zero attached hydrogens (tertiary/aromatic N) is 3. The van der Waals surface area contributed by atoms with Crippen molar-refractivity contribution in [3.8, 4) is 0 Å². The minimum atomic E-state index is -0.274. The Hall–Kier alpha value is -2.37. The predicted octanol–water partition coefficient (Wildman–Crippen LogP) is 3.18. The molecule has 0 saturated carbocycles. The van der Waals surface area contributed by atoms with Crippen LogP contribution in [0.1, 0.15) is 19.8 Å². The van der Waals surface area contributed by atoms with Gasteiger partial charge in [0.1, 0.15) is 17.8 Å². The molecule has 6 heteroatoms. The summed E-state index contributed by atoms with van der Waals surface area (Å²) in [6, 6.07) is 6.10. The summed E-state index contributed by atoms with van der Waals surface area (Å²) in [4.78, 5) is 10.8. The van der Waals surface area contributed by atoms with Crippen LogP contribution < -0.4 is 16.0 Å². The Bertz CT molecular complexity index is 643. The molecule has 3 rings (SSSR count). The van der Waals surface area contributed by atoms with Crippen molar-refractivity contribution in [2.24, 2.45) is 5.92 Å².